The molecule has 3 aromatic rings. The average Bonchev–Trinajstić information content (AvgIpc) is 3.18. The van der Waals surface area contributed by atoms with Crippen molar-refractivity contribution in [3.63, 3.8) is 0 Å². The van der Waals surface area contributed by atoms with E-state index in [1.54, 1.807) is 18.3 Å². The van der Waals surface area contributed by atoms with Crippen LogP contribution < -0.4 is 10.1 Å². The van der Waals surface area contributed by atoms with Crippen LogP contribution in [0.2, 0.25) is 0 Å². The van der Waals surface area contributed by atoms with Gasteiger partial charge in [-0.05, 0) is 24.3 Å². The molecule has 2 N–H and O–H groups in total. The fraction of sp³-hybridized carbons (Fsp3) is 0.316. The topological polar surface area (TPSA) is 93.3 Å². The van der Waals surface area contributed by atoms with E-state index in [0.29, 0.717) is 23.1 Å². The molecule has 1 aromatic carbocycles. The Morgan fingerprint density at radius 3 is 2.71 bits per heavy atom. The van der Waals surface area contributed by atoms with E-state index in [1.165, 1.54) is 6.07 Å². The summed E-state index contributed by atoms with van der Waals surface area (Å²) >= 11 is 0. The molecule has 0 aliphatic carbocycles. The largest absolute Gasteiger partial charge is 0.491 e. The third kappa shape index (κ3) is 5.01. The van der Waals surface area contributed by atoms with Crippen LogP contribution in [0.25, 0.3) is 11.5 Å². The van der Waals surface area contributed by atoms with E-state index in [0.717, 1.165) is 12.1 Å². The number of nitrogens with zero attached hydrogens (tertiary/aromatic N) is 3. The van der Waals surface area contributed by atoms with Gasteiger partial charge in [0.2, 0.25) is 0 Å². The van der Waals surface area contributed by atoms with E-state index in [2.05, 4.69) is 20.4 Å². The first kappa shape index (κ1) is 19.7. The minimum Gasteiger partial charge on any atom is -0.491 e. The highest BCUT2D eigenvalue weighted by molar-refractivity contribution is 5.57. The lowest BCUT2D eigenvalue weighted by atomic mass is 10.2. The van der Waals surface area contributed by atoms with E-state index in [-0.39, 0.29) is 24.8 Å². The van der Waals surface area contributed by atoms with Gasteiger partial charge in [-0.25, -0.2) is 13.8 Å². The summed E-state index contributed by atoms with van der Waals surface area (Å²) in [6, 6.07) is 6.65. The number of hydrogen-bond acceptors (Lipinski definition) is 7. The number of hydrogen-bond donors (Lipinski definition) is 2. The highest BCUT2D eigenvalue weighted by Crippen LogP contribution is 2.21. The van der Waals surface area contributed by atoms with Gasteiger partial charge in [-0.15, -0.1) is 0 Å². The van der Waals surface area contributed by atoms with Gasteiger partial charge in [0.1, 0.15) is 24.3 Å². The number of aliphatic hydroxyl groups is 1. The van der Waals surface area contributed by atoms with Gasteiger partial charge in [0.05, 0.1) is 0 Å². The summed E-state index contributed by atoms with van der Waals surface area (Å²) in [6.45, 7) is 3.98. The minimum atomic E-state index is -1.01. The van der Waals surface area contributed by atoms with Gasteiger partial charge < -0.3 is 19.7 Å². The van der Waals surface area contributed by atoms with E-state index in [4.69, 9.17) is 9.26 Å². The van der Waals surface area contributed by atoms with Crippen LogP contribution in [-0.4, -0.2) is 39.5 Å². The third-order valence-corrected chi connectivity index (χ3v) is 3.82. The molecule has 2 aromatic heterocycles. The van der Waals surface area contributed by atoms with Crippen molar-refractivity contribution in [1.29, 1.82) is 0 Å². The monoisotopic (exact) mass is 390 g/mol. The third-order valence-electron chi connectivity index (χ3n) is 3.82. The fourth-order valence-corrected chi connectivity index (χ4v) is 2.29. The van der Waals surface area contributed by atoms with Crippen LogP contribution in [0.3, 0.4) is 0 Å². The van der Waals surface area contributed by atoms with Gasteiger partial charge in [0.15, 0.2) is 17.5 Å². The number of benzene rings is 1. The first-order valence-electron chi connectivity index (χ1n) is 8.72. The van der Waals surface area contributed by atoms with Crippen molar-refractivity contribution in [1.82, 2.24) is 15.1 Å². The molecule has 28 heavy (non-hydrogen) atoms. The van der Waals surface area contributed by atoms with Crippen molar-refractivity contribution in [2.45, 2.75) is 25.9 Å². The maximum absolute atomic E-state index is 13.1. The summed E-state index contributed by atoms with van der Waals surface area (Å²) in [5.41, 5.74) is 0.699. The summed E-state index contributed by atoms with van der Waals surface area (Å²) < 4.78 is 36.5. The second-order valence-corrected chi connectivity index (χ2v) is 6.46. The zero-order valence-corrected chi connectivity index (χ0v) is 15.4. The molecule has 148 valence electrons. The molecule has 0 aliphatic heterocycles. The highest BCUT2D eigenvalue weighted by atomic mass is 19.2. The summed E-state index contributed by atoms with van der Waals surface area (Å²) in [6.07, 6.45) is 0.690. The predicted octanol–water partition coefficient (Wildman–Crippen LogP) is 3.39. The Morgan fingerprint density at radius 2 is 2.00 bits per heavy atom. The minimum absolute atomic E-state index is 0.0980. The number of anilines is 1. The zero-order chi connectivity index (χ0) is 20.1. The van der Waals surface area contributed by atoms with Gasteiger partial charge in [-0.3, -0.25) is 0 Å². The number of aliphatic hydroxyl groups excluding tert-OH is 1. The molecule has 0 saturated heterocycles. The normalized spacial score (nSPS) is 12.2. The van der Waals surface area contributed by atoms with Crippen molar-refractivity contribution in [3.8, 4) is 17.2 Å². The first-order chi connectivity index (χ1) is 13.4. The molecule has 0 fully saturated rings. The highest BCUT2D eigenvalue weighted by Gasteiger charge is 2.13. The van der Waals surface area contributed by atoms with Crippen LogP contribution in [0.15, 0.2) is 41.1 Å². The van der Waals surface area contributed by atoms with Crippen LogP contribution in [0.5, 0.6) is 5.75 Å². The van der Waals surface area contributed by atoms with Gasteiger partial charge in [0, 0.05) is 30.3 Å². The molecular weight excluding hydrogens is 370 g/mol. The molecule has 0 aliphatic rings. The summed E-state index contributed by atoms with van der Waals surface area (Å²) in [7, 11) is 0. The lowest BCUT2D eigenvalue weighted by Crippen LogP contribution is -2.26. The SMILES string of the molecule is CC(C)c1noc(-c2ccnc(NC[C@H](O)COc3ccc(F)c(F)c3)c2)n1. The zero-order valence-electron chi connectivity index (χ0n) is 15.4. The molecular formula is C19H20F2N4O3. The molecule has 9 heteroatoms. The smallest absolute Gasteiger partial charge is 0.258 e. The fourth-order valence-electron chi connectivity index (χ4n) is 2.29. The van der Waals surface area contributed by atoms with Crippen LogP contribution in [0.4, 0.5) is 14.6 Å². The van der Waals surface area contributed by atoms with Crippen molar-refractivity contribution in [2.75, 3.05) is 18.5 Å². The molecule has 1 atom stereocenters. The Balaban J connectivity index is 1.54. The molecule has 0 bridgehead atoms. The lowest BCUT2D eigenvalue weighted by molar-refractivity contribution is 0.117. The van der Waals surface area contributed by atoms with Crippen molar-refractivity contribution in [3.05, 3.63) is 54.0 Å². The van der Waals surface area contributed by atoms with Crippen molar-refractivity contribution in [2.24, 2.45) is 0 Å². The van der Waals surface area contributed by atoms with Crippen LogP contribution in [0, 0.1) is 11.6 Å². The Labute approximate surface area is 160 Å². The van der Waals surface area contributed by atoms with Gasteiger partial charge in [-0.2, -0.15) is 4.98 Å². The molecule has 0 spiro atoms. The van der Waals surface area contributed by atoms with Crippen molar-refractivity contribution < 1.29 is 23.1 Å². The number of halogens is 2. The van der Waals surface area contributed by atoms with E-state index < -0.39 is 17.7 Å². The number of aromatic nitrogens is 3. The van der Waals surface area contributed by atoms with Crippen LogP contribution >= 0.6 is 0 Å². The average molecular weight is 390 g/mol. The molecule has 0 unspecified atom stereocenters. The maximum Gasteiger partial charge on any atom is 0.258 e. The summed E-state index contributed by atoms with van der Waals surface area (Å²) in [5, 5.41) is 16.9. The maximum atomic E-state index is 13.1. The van der Waals surface area contributed by atoms with E-state index >= 15 is 0 Å². The predicted molar refractivity (Wildman–Crippen MR) is 98.0 cm³/mol. The Hall–Kier alpha value is -3.07. The molecule has 2 heterocycles. The number of rotatable bonds is 8. The van der Waals surface area contributed by atoms with E-state index in [9.17, 15) is 13.9 Å². The second-order valence-electron chi connectivity index (χ2n) is 6.46. The van der Waals surface area contributed by atoms with Crippen molar-refractivity contribution >= 4 is 5.82 Å². The number of nitrogens with one attached hydrogen (secondary N) is 1. The molecule has 0 saturated carbocycles. The molecule has 0 amide bonds. The van der Waals surface area contributed by atoms with Crippen LogP contribution in [0.1, 0.15) is 25.6 Å². The van der Waals surface area contributed by atoms with Gasteiger partial charge >= 0.3 is 0 Å². The van der Waals surface area contributed by atoms with E-state index in [1.807, 2.05) is 13.8 Å². The van der Waals surface area contributed by atoms with Crippen LogP contribution in [-0.2, 0) is 0 Å². The Bertz CT molecular complexity index is 933. The quantitative estimate of drug-likeness (QED) is 0.609. The summed E-state index contributed by atoms with van der Waals surface area (Å²) in [5.74, 6) is -0.164. The Kier molecular flexibility index (Phi) is 6.15. The molecule has 7 nitrogen and oxygen atoms in total. The number of ether oxygens (including phenoxy) is 1. The van der Waals surface area contributed by atoms with Gasteiger partial charge in [0.25, 0.3) is 5.89 Å². The number of pyridine rings is 1. The summed E-state index contributed by atoms with van der Waals surface area (Å²) in [4.78, 5) is 8.51. The molecule has 3 rings (SSSR count). The first-order valence-corrected chi connectivity index (χ1v) is 8.72. The Morgan fingerprint density at radius 1 is 1.18 bits per heavy atom. The molecule has 0 radical (unpaired) electrons. The second kappa shape index (κ2) is 8.75. The standard InChI is InChI=1S/C19H20F2N4O3/c1-11(2)18-24-19(28-25-18)12-5-6-22-17(7-12)23-9-13(26)10-27-14-3-4-15(20)16(21)8-14/h3-8,11,13,26H,9-10H2,1-2H3,(H,22,23)/t13-/m0/s1. The lowest BCUT2D eigenvalue weighted by Gasteiger charge is -2.14. The van der Waals surface area contributed by atoms with Gasteiger partial charge in [-0.1, -0.05) is 19.0 Å².